The number of nitrogens with zero attached hydrogens (tertiary/aromatic N) is 5. The first-order valence-corrected chi connectivity index (χ1v) is 9.98. The second kappa shape index (κ2) is 6.94. The molecule has 0 bridgehead atoms. The highest BCUT2D eigenvalue weighted by atomic mass is 19.1. The lowest BCUT2D eigenvalue weighted by Crippen LogP contribution is -2.39. The highest BCUT2D eigenvalue weighted by molar-refractivity contribution is 5.75. The van der Waals surface area contributed by atoms with Crippen molar-refractivity contribution in [3.8, 4) is 0 Å². The molecule has 1 unspecified atom stereocenters. The molecule has 5 rings (SSSR count). The molecule has 1 atom stereocenters. The summed E-state index contributed by atoms with van der Waals surface area (Å²) in [6.45, 7) is 3.21. The van der Waals surface area contributed by atoms with Crippen LogP contribution >= 0.6 is 0 Å². The molecule has 0 amide bonds. The fraction of sp³-hybridized carbons (Fsp3) is 0.381. The van der Waals surface area contributed by atoms with Crippen molar-refractivity contribution < 1.29 is 9.13 Å². The maximum atomic E-state index is 14.1. The predicted octanol–water partition coefficient (Wildman–Crippen LogP) is 1.82. The minimum atomic E-state index is -0.529. The third kappa shape index (κ3) is 2.80. The van der Waals surface area contributed by atoms with Crippen LogP contribution < -0.4 is 11.2 Å². The van der Waals surface area contributed by atoms with Gasteiger partial charge in [0, 0.05) is 31.1 Å². The van der Waals surface area contributed by atoms with Gasteiger partial charge in [0.25, 0.3) is 5.56 Å². The smallest absolute Gasteiger partial charge is 0.332 e. The van der Waals surface area contributed by atoms with E-state index in [9.17, 15) is 14.0 Å². The summed E-state index contributed by atoms with van der Waals surface area (Å²) in [6.07, 6.45) is 3.98. The molecule has 30 heavy (non-hydrogen) atoms. The third-order valence-corrected chi connectivity index (χ3v) is 5.84. The maximum Gasteiger partial charge on any atom is 0.332 e. The minimum absolute atomic E-state index is 0.112. The second-order valence-corrected chi connectivity index (χ2v) is 7.79. The van der Waals surface area contributed by atoms with Crippen LogP contribution in [0.1, 0.15) is 24.1 Å². The molecule has 0 spiro atoms. The molecule has 0 saturated carbocycles. The lowest BCUT2D eigenvalue weighted by atomic mass is 10.2. The Kier molecular flexibility index (Phi) is 4.35. The molecule has 3 aromatic heterocycles. The zero-order valence-corrected chi connectivity index (χ0v) is 16.8. The van der Waals surface area contributed by atoms with Crippen molar-refractivity contribution in [1.29, 1.82) is 0 Å². The summed E-state index contributed by atoms with van der Waals surface area (Å²) in [4.78, 5) is 30.8. The van der Waals surface area contributed by atoms with E-state index in [0.29, 0.717) is 23.5 Å². The van der Waals surface area contributed by atoms with Gasteiger partial charge in [-0.3, -0.25) is 18.3 Å². The van der Waals surface area contributed by atoms with Gasteiger partial charge in [-0.2, -0.15) is 4.98 Å². The Bertz CT molecular complexity index is 1390. The Morgan fingerprint density at radius 3 is 2.77 bits per heavy atom. The van der Waals surface area contributed by atoms with E-state index < -0.39 is 17.1 Å². The van der Waals surface area contributed by atoms with Gasteiger partial charge in [0.15, 0.2) is 11.2 Å². The summed E-state index contributed by atoms with van der Waals surface area (Å²) in [5.74, 6) is 0.136. The number of hydrogen-bond donors (Lipinski definition) is 0. The van der Waals surface area contributed by atoms with Gasteiger partial charge >= 0.3 is 5.69 Å². The van der Waals surface area contributed by atoms with Gasteiger partial charge in [-0.15, -0.1) is 0 Å². The Morgan fingerprint density at radius 2 is 2.03 bits per heavy atom. The average molecular weight is 411 g/mol. The SMILES string of the molecule is Cc1cn2c3c(=O)n(Cc4ccccc4F)c(=O)n(C)c3nc2n1CC1CCCO1. The first kappa shape index (κ1) is 18.8. The summed E-state index contributed by atoms with van der Waals surface area (Å²) in [7, 11) is 1.58. The van der Waals surface area contributed by atoms with Crippen molar-refractivity contribution >= 4 is 16.9 Å². The lowest BCUT2D eigenvalue weighted by Gasteiger charge is -2.11. The molecule has 1 aliphatic heterocycles. The first-order chi connectivity index (χ1) is 14.5. The van der Waals surface area contributed by atoms with Gasteiger partial charge in [-0.25, -0.2) is 9.18 Å². The van der Waals surface area contributed by atoms with Crippen LogP contribution in [0, 0.1) is 12.7 Å². The topological polar surface area (TPSA) is 75.5 Å². The van der Waals surface area contributed by atoms with Gasteiger partial charge in [0.1, 0.15) is 5.82 Å². The molecule has 1 saturated heterocycles. The molecule has 9 heteroatoms. The molecule has 1 fully saturated rings. The van der Waals surface area contributed by atoms with Crippen molar-refractivity contribution in [1.82, 2.24) is 23.1 Å². The number of ether oxygens (including phenoxy) is 1. The molecule has 4 heterocycles. The van der Waals surface area contributed by atoms with Crippen LogP contribution in [0.15, 0.2) is 40.1 Å². The fourth-order valence-corrected chi connectivity index (χ4v) is 4.21. The Morgan fingerprint density at radius 1 is 1.23 bits per heavy atom. The zero-order chi connectivity index (χ0) is 21.0. The summed E-state index contributed by atoms with van der Waals surface area (Å²) in [6, 6.07) is 6.13. The largest absolute Gasteiger partial charge is 0.376 e. The number of aromatic nitrogens is 5. The average Bonchev–Trinajstić information content (AvgIpc) is 3.43. The predicted molar refractivity (Wildman–Crippen MR) is 109 cm³/mol. The molecular weight excluding hydrogens is 389 g/mol. The van der Waals surface area contributed by atoms with Crippen LogP contribution in [0.5, 0.6) is 0 Å². The van der Waals surface area contributed by atoms with Crippen LogP contribution in [0.2, 0.25) is 0 Å². The van der Waals surface area contributed by atoms with E-state index in [1.54, 1.807) is 29.6 Å². The highest BCUT2D eigenvalue weighted by Gasteiger charge is 2.23. The molecule has 156 valence electrons. The van der Waals surface area contributed by atoms with Crippen molar-refractivity contribution in [3.63, 3.8) is 0 Å². The molecular formula is C21H22FN5O3. The maximum absolute atomic E-state index is 14.1. The van der Waals surface area contributed by atoms with E-state index in [2.05, 4.69) is 4.98 Å². The summed E-state index contributed by atoms with van der Waals surface area (Å²) in [5, 5.41) is 0. The highest BCUT2D eigenvalue weighted by Crippen LogP contribution is 2.20. The number of halogens is 1. The summed E-state index contributed by atoms with van der Waals surface area (Å²) >= 11 is 0. The van der Waals surface area contributed by atoms with E-state index in [-0.39, 0.29) is 18.2 Å². The fourth-order valence-electron chi connectivity index (χ4n) is 4.21. The molecule has 8 nitrogen and oxygen atoms in total. The molecule has 0 radical (unpaired) electrons. The lowest BCUT2D eigenvalue weighted by molar-refractivity contribution is 0.0974. The van der Waals surface area contributed by atoms with E-state index in [0.717, 1.165) is 29.7 Å². The van der Waals surface area contributed by atoms with Gasteiger partial charge in [-0.1, -0.05) is 18.2 Å². The first-order valence-electron chi connectivity index (χ1n) is 9.98. The summed E-state index contributed by atoms with van der Waals surface area (Å²) in [5.41, 5.74) is 0.827. The Labute approximate surface area is 170 Å². The number of fused-ring (bicyclic) bond motifs is 3. The van der Waals surface area contributed by atoms with E-state index in [4.69, 9.17) is 4.74 Å². The van der Waals surface area contributed by atoms with Crippen LogP contribution in [0.4, 0.5) is 4.39 Å². The number of hydrogen-bond acceptors (Lipinski definition) is 4. The van der Waals surface area contributed by atoms with Crippen molar-refractivity contribution in [2.75, 3.05) is 6.61 Å². The minimum Gasteiger partial charge on any atom is -0.376 e. The monoisotopic (exact) mass is 411 g/mol. The van der Waals surface area contributed by atoms with Crippen molar-refractivity contribution in [2.24, 2.45) is 7.05 Å². The van der Waals surface area contributed by atoms with Crippen LogP contribution in [0.3, 0.4) is 0 Å². The number of rotatable bonds is 4. The van der Waals surface area contributed by atoms with E-state index >= 15 is 0 Å². The van der Waals surface area contributed by atoms with Crippen molar-refractivity contribution in [2.45, 2.75) is 39.0 Å². The van der Waals surface area contributed by atoms with Gasteiger partial charge in [0.2, 0.25) is 5.78 Å². The molecule has 0 aliphatic carbocycles. The molecule has 1 aliphatic rings. The Balaban J connectivity index is 1.71. The van der Waals surface area contributed by atoms with Gasteiger partial charge in [0.05, 0.1) is 19.2 Å². The third-order valence-electron chi connectivity index (χ3n) is 5.84. The van der Waals surface area contributed by atoms with E-state index in [1.807, 2.05) is 17.7 Å². The number of imidazole rings is 2. The Hall–Kier alpha value is -3.20. The quantitative estimate of drug-likeness (QED) is 0.514. The van der Waals surface area contributed by atoms with Crippen LogP contribution in [-0.4, -0.2) is 35.8 Å². The molecule has 4 aromatic rings. The zero-order valence-electron chi connectivity index (χ0n) is 16.8. The van der Waals surface area contributed by atoms with Crippen molar-refractivity contribution in [3.05, 3.63) is 68.4 Å². The standard InChI is InChI=1S/C21H22FN5O3/c1-13-10-26-17-18(23-20(26)25(13)12-15-7-5-9-30-15)24(2)21(29)27(19(17)28)11-14-6-3-4-8-16(14)22/h3-4,6,8,10,15H,5,7,9,11-12H2,1-2H3. The number of aryl methyl sites for hydroxylation is 2. The normalized spacial score (nSPS) is 16.8. The van der Waals surface area contributed by atoms with Gasteiger partial charge in [-0.05, 0) is 25.8 Å². The summed E-state index contributed by atoms with van der Waals surface area (Å²) < 4.78 is 26.0. The molecule has 1 aromatic carbocycles. The number of benzene rings is 1. The van der Waals surface area contributed by atoms with Gasteiger partial charge < -0.3 is 9.30 Å². The second-order valence-electron chi connectivity index (χ2n) is 7.79. The van der Waals surface area contributed by atoms with Crippen LogP contribution in [0.25, 0.3) is 16.9 Å². The van der Waals surface area contributed by atoms with E-state index in [1.165, 1.54) is 10.6 Å². The molecule has 0 N–H and O–H groups in total. The van der Waals surface area contributed by atoms with Crippen LogP contribution in [-0.2, 0) is 24.9 Å².